The molecule has 5 nitrogen and oxygen atoms in total. The number of guanidine groups is 1. The minimum Gasteiger partial charge on any atom is -0.356 e. The quantitative estimate of drug-likeness (QED) is 0.468. The number of nitrogens with one attached hydrogen (secondary N) is 2. The molecule has 0 saturated heterocycles. The SMILES string of the molecule is CN=C(NCCCCSC)NCc1cn2ccsc2n1. The van der Waals surface area contributed by atoms with Gasteiger partial charge >= 0.3 is 0 Å². The molecule has 7 heteroatoms. The average molecular weight is 311 g/mol. The lowest BCUT2D eigenvalue weighted by Gasteiger charge is -2.10. The summed E-state index contributed by atoms with van der Waals surface area (Å²) in [6.45, 7) is 1.65. The molecule has 0 bridgehead atoms. The van der Waals surface area contributed by atoms with Gasteiger partial charge in [-0.05, 0) is 24.9 Å². The summed E-state index contributed by atoms with van der Waals surface area (Å²) in [5.41, 5.74) is 1.03. The predicted octanol–water partition coefficient (Wildman–Crippen LogP) is 2.20. The van der Waals surface area contributed by atoms with E-state index in [4.69, 9.17) is 0 Å². The van der Waals surface area contributed by atoms with Crippen LogP contribution in [0.3, 0.4) is 0 Å². The number of aliphatic imine (C=N–C) groups is 1. The van der Waals surface area contributed by atoms with Gasteiger partial charge in [-0.3, -0.25) is 9.39 Å². The van der Waals surface area contributed by atoms with Crippen molar-refractivity contribution in [1.29, 1.82) is 0 Å². The molecule has 0 saturated carbocycles. The van der Waals surface area contributed by atoms with Gasteiger partial charge in [0, 0.05) is 31.4 Å². The topological polar surface area (TPSA) is 53.7 Å². The van der Waals surface area contributed by atoms with Crippen molar-refractivity contribution in [2.45, 2.75) is 19.4 Å². The molecular formula is C13H21N5S2. The maximum atomic E-state index is 4.53. The van der Waals surface area contributed by atoms with Crippen LogP contribution in [0.1, 0.15) is 18.5 Å². The molecule has 2 rings (SSSR count). The molecule has 2 heterocycles. The van der Waals surface area contributed by atoms with Gasteiger partial charge < -0.3 is 10.6 Å². The number of unbranched alkanes of at least 4 members (excludes halogenated alkanes) is 1. The Labute approximate surface area is 127 Å². The minimum absolute atomic E-state index is 0.693. The number of hydrogen-bond donors (Lipinski definition) is 2. The zero-order valence-electron chi connectivity index (χ0n) is 11.9. The van der Waals surface area contributed by atoms with Crippen molar-refractivity contribution in [3.05, 3.63) is 23.5 Å². The number of hydrogen-bond acceptors (Lipinski definition) is 4. The van der Waals surface area contributed by atoms with Crippen molar-refractivity contribution < 1.29 is 0 Å². The third-order valence-electron chi connectivity index (χ3n) is 2.87. The van der Waals surface area contributed by atoms with Crippen LogP contribution in [0, 0.1) is 0 Å². The fourth-order valence-corrected chi connectivity index (χ4v) is 3.05. The molecule has 0 aromatic carbocycles. The first kappa shape index (κ1) is 15.2. The Balaban J connectivity index is 1.72. The van der Waals surface area contributed by atoms with Crippen molar-refractivity contribution in [3.8, 4) is 0 Å². The first-order valence-electron chi connectivity index (χ1n) is 6.68. The van der Waals surface area contributed by atoms with Gasteiger partial charge in [0.1, 0.15) is 0 Å². The van der Waals surface area contributed by atoms with Crippen LogP contribution >= 0.6 is 23.1 Å². The van der Waals surface area contributed by atoms with Crippen molar-refractivity contribution >= 4 is 34.0 Å². The average Bonchev–Trinajstić information content (AvgIpc) is 3.03. The van der Waals surface area contributed by atoms with Crippen molar-refractivity contribution in [2.24, 2.45) is 4.99 Å². The fourth-order valence-electron chi connectivity index (χ4n) is 1.83. The number of aromatic nitrogens is 2. The summed E-state index contributed by atoms with van der Waals surface area (Å²) >= 11 is 3.54. The van der Waals surface area contributed by atoms with Crippen LogP contribution in [0.15, 0.2) is 22.8 Å². The number of rotatable bonds is 7. The first-order chi connectivity index (χ1) is 9.83. The predicted molar refractivity (Wildman–Crippen MR) is 88.9 cm³/mol. The first-order valence-corrected chi connectivity index (χ1v) is 8.95. The maximum Gasteiger partial charge on any atom is 0.193 e. The maximum absolute atomic E-state index is 4.53. The summed E-state index contributed by atoms with van der Waals surface area (Å²) in [5, 5.41) is 8.65. The molecule has 0 radical (unpaired) electrons. The minimum atomic E-state index is 0.693. The zero-order valence-corrected chi connectivity index (χ0v) is 13.6. The number of imidazole rings is 1. The molecular weight excluding hydrogens is 290 g/mol. The summed E-state index contributed by atoms with van der Waals surface area (Å²) in [5.74, 6) is 2.06. The van der Waals surface area contributed by atoms with E-state index in [2.05, 4.69) is 26.9 Å². The Morgan fingerprint density at radius 3 is 3.10 bits per heavy atom. The lowest BCUT2D eigenvalue weighted by molar-refractivity contribution is 0.730. The van der Waals surface area contributed by atoms with E-state index >= 15 is 0 Å². The van der Waals surface area contributed by atoms with Gasteiger partial charge in [-0.1, -0.05) is 0 Å². The van der Waals surface area contributed by atoms with Crippen molar-refractivity contribution in [3.63, 3.8) is 0 Å². The number of thioether (sulfide) groups is 1. The highest BCUT2D eigenvalue weighted by Gasteiger charge is 2.03. The second-order valence-corrected chi connectivity index (χ2v) is 6.24. The lowest BCUT2D eigenvalue weighted by Crippen LogP contribution is -2.37. The van der Waals surface area contributed by atoms with Crippen LogP contribution in [0.5, 0.6) is 0 Å². The summed E-state index contributed by atoms with van der Waals surface area (Å²) < 4.78 is 2.04. The molecule has 0 aliphatic carbocycles. The van der Waals surface area contributed by atoms with E-state index in [0.717, 1.165) is 23.2 Å². The van der Waals surface area contributed by atoms with E-state index < -0.39 is 0 Å². The zero-order chi connectivity index (χ0) is 14.2. The van der Waals surface area contributed by atoms with Gasteiger partial charge in [-0.2, -0.15) is 11.8 Å². The van der Waals surface area contributed by atoms with Crippen LogP contribution < -0.4 is 10.6 Å². The number of fused-ring (bicyclic) bond motifs is 1. The van der Waals surface area contributed by atoms with Crippen molar-refractivity contribution in [1.82, 2.24) is 20.0 Å². The molecule has 0 atom stereocenters. The largest absolute Gasteiger partial charge is 0.356 e. The summed E-state index contributed by atoms with van der Waals surface area (Å²) in [6.07, 6.45) is 8.62. The van der Waals surface area contributed by atoms with Gasteiger partial charge in [0.05, 0.1) is 12.2 Å². The lowest BCUT2D eigenvalue weighted by atomic mass is 10.3. The summed E-state index contributed by atoms with van der Waals surface area (Å²) in [7, 11) is 1.79. The Hall–Kier alpha value is -1.21. The Bertz CT molecular complexity index is 517. The smallest absolute Gasteiger partial charge is 0.193 e. The second kappa shape index (κ2) is 8.16. The van der Waals surface area contributed by atoms with E-state index in [1.165, 1.54) is 18.6 Å². The number of nitrogens with zero attached hydrogens (tertiary/aromatic N) is 3. The molecule has 2 N–H and O–H groups in total. The summed E-state index contributed by atoms with van der Waals surface area (Å²) in [4.78, 5) is 9.78. The fraction of sp³-hybridized carbons (Fsp3) is 0.538. The van der Waals surface area contributed by atoms with E-state index in [9.17, 15) is 0 Å². The third-order valence-corrected chi connectivity index (χ3v) is 4.34. The Morgan fingerprint density at radius 2 is 2.35 bits per heavy atom. The molecule has 0 spiro atoms. The highest BCUT2D eigenvalue weighted by atomic mass is 32.2. The molecule has 110 valence electrons. The standard InChI is InChI=1S/C13H21N5S2/c1-14-12(15-5-3-4-7-19-2)16-9-11-10-18-6-8-20-13(18)17-11/h6,8,10H,3-5,7,9H2,1-2H3,(H2,14,15,16). The van der Waals surface area contributed by atoms with Gasteiger partial charge in [0.25, 0.3) is 0 Å². The molecule has 0 unspecified atom stereocenters. The normalized spacial score (nSPS) is 12.0. The van der Waals surface area contributed by atoms with Crippen LogP contribution in [0.4, 0.5) is 0 Å². The Kier molecular flexibility index (Phi) is 6.20. The van der Waals surface area contributed by atoms with Gasteiger partial charge in [0.2, 0.25) is 0 Å². The van der Waals surface area contributed by atoms with Gasteiger partial charge in [-0.25, -0.2) is 4.98 Å². The van der Waals surface area contributed by atoms with Crippen molar-refractivity contribution in [2.75, 3.05) is 25.6 Å². The van der Waals surface area contributed by atoms with E-state index in [0.29, 0.717) is 6.54 Å². The third kappa shape index (κ3) is 4.42. The van der Waals surface area contributed by atoms with E-state index in [1.54, 1.807) is 18.4 Å². The monoisotopic (exact) mass is 311 g/mol. The molecule has 0 fully saturated rings. The summed E-state index contributed by atoms with van der Waals surface area (Å²) in [6, 6.07) is 0. The van der Waals surface area contributed by atoms with E-state index in [-0.39, 0.29) is 0 Å². The molecule has 0 aliphatic rings. The van der Waals surface area contributed by atoms with E-state index in [1.807, 2.05) is 33.9 Å². The highest BCUT2D eigenvalue weighted by molar-refractivity contribution is 7.98. The van der Waals surface area contributed by atoms with Gasteiger partial charge in [0.15, 0.2) is 10.9 Å². The Morgan fingerprint density at radius 1 is 1.45 bits per heavy atom. The number of thiazole rings is 1. The van der Waals surface area contributed by atoms with Crippen LogP contribution in [0.25, 0.3) is 4.96 Å². The highest BCUT2D eigenvalue weighted by Crippen LogP contribution is 2.10. The van der Waals surface area contributed by atoms with Gasteiger partial charge in [-0.15, -0.1) is 11.3 Å². The molecule has 2 aromatic heterocycles. The van der Waals surface area contributed by atoms with Crippen LogP contribution in [-0.4, -0.2) is 40.9 Å². The molecule has 0 amide bonds. The van der Waals surface area contributed by atoms with Crippen LogP contribution in [0.2, 0.25) is 0 Å². The van der Waals surface area contributed by atoms with Crippen LogP contribution in [-0.2, 0) is 6.54 Å². The second-order valence-electron chi connectivity index (χ2n) is 4.38. The molecule has 20 heavy (non-hydrogen) atoms. The molecule has 0 aliphatic heterocycles. The molecule has 2 aromatic rings.